The maximum absolute atomic E-state index is 12.8. The van der Waals surface area contributed by atoms with E-state index in [0.717, 1.165) is 25.0 Å². The van der Waals surface area contributed by atoms with E-state index in [9.17, 15) is 32.3 Å². The molecule has 36 heavy (non-hydrogen) atoms. The van der Waals surface area contributed by atoms with E-state index in [-0.39, 0.29) is 29.1 Å². The molecule has 0 saturated carbocycles. The van der Waals surface area contributed by atoms with Gasteiger partial charge in [-0.1, -0.05) is 31.0 Å². The molecule has 0 saturated heterocycles. The van der Waals surface area contributed by atoms with Crippen molar-refractivity contribution in [3.05, 3.63) is 58.6 Å². The lowest BCUT2D eigenvalue weighted by atomic mass is 10.2. The third-order valence-electron chi connectivity index (χ3n) is 4.60. The molecule has 0 unspecified atom stereocenters. The summed E-state index contributed by atoms with van der Waals surface area (Å²) in [6.07, 6.45) is -3.65. The van der Waals surface area contributed by atoms with Crippen LogP contribution in [-0.2, 0) is 30.0 Å². The SMILES string of the molecule is CCCCOC(=O)c1cccc(NC(=O)CCC(=O)OCC(=O)Nc2cc(C(F)(F)F)ccc2Cl)c1. The number of anilines is 2. The minimum atomic E-state index is -4.63. The molecule has 12 heteroatoms. The minimum absolute atomic E-state index is 0.127. The van der Waals surface area contributed by atoms with E-state index >= 15 is 0 Å². The van der Waals surface area contributed by atoms with Crippen molar-refractivity contribution >= 4 is 46.7 Å². The number of hydrogen-bond acceptors (Lipinski definition) is 6. The van der Waals surface area contributed by atoms with Crippen LogP contribution in [0.2, 0.25) is 5.02 Å². The highest BCUT2D eigenvalue weighted by molar-refractivity contribution is 6.33. The summed E-state index contributed by atoms with van der Waals surface area (Å²) in [5.74, 6) is -2.84. The van der Waals surface area contributed by atoms with Crippen LogP contribution in [0.25, 0.3) is 0 Å². The number of ether oxygens (including phenoxy) is 2. The van der Waals surface area contributed by atoms with E-state index in [1.54, 1.807) is 18.2 Å². The molecular formula is C24H24ClF3N2O6. The van der Waals surface area contributed by atoms with E-state index < -0.39 is 42.1 Å². The third kappa shape index (κ3) is 9.57. The lowest BCUT2D eigenvalue weighted by molar-refractivity contribution is -0.147. The number of benzene rings is 2. The molecule has 8 nitrogen and oxygen atoms in total. The van der Waals surface area contributed by atoms with Gasteiger partial charge in [0.25, 0.3) is 5.91 Å². The van der Waals surface area contributed by atoms with Crippen molar-refractivity contribution in [3.63, 3.8) is 0 Å². The van der Waals surface area contributed by atoms with Gasteiger partial charge in [-0.25, -0.2) is 4.79 Å². The van der Waals surface area contributed by atoms with Gasteiger partial charge >= 0.3 is 18.1 Å². The molecule has 2 N–H and O–H groups in total. The Bertz CT molecular complexity index is 1110. The molecule has 0 heterocycles. The van der Waals surface area contributed by atoms with Gasteiger partial charge < -0.3 is 20.1 Å². The number of esters is 2. The number of unbranched alkanes of at least 4 members (excludes halogenated alkanes) is 1. The van der Waals surface area contributed by atoms with Gasteiger partial charge in [0.2, 0.25) is 5.91 Å². The number of alkyl halides is 3. The van der Waals surface area contributed by atoms with Gasteiger partial charge in [-0.2, -0.15) is 13.2 Å². The van der Waals surface area contributed by atoms with Crippen LogP contribution in [0.4, 0.5) is 24.5 Å². The van der Waals surface area contributed by atoms with Gasteiger partial charge in [-0.05, 0) is 42.8 Å². The summed E-state index contributed by atoms with van der Waals surface area (Å²) >= 11 is 5.80. The molecule has 2 amide bonds. The van der Waals surface area contributed by atoms with E-state index in [1.807, 2.05) is 6.92 Å². The van der Waals surface area contributed by atoms with Gasteiger partial charge in [0.05, 0.1) is 34.9 Å². The molecule has 0 fully saturated rings. The summed E-state index contributed by atoms with van der Waals surface area (Å²) in [5.41, 5.74) is -0.710. The number of rotatable bonds is 11. The summed E-state index contributed by atoms with van der Waals surface area (Å²) in [4.78, 5) is 47.9. The third-order valence-corrected chi connectivity index (χ3v) is 4.93. The molecule has 0 spiro atoms. The number of halogens is 4. The van der Waals surface area contributed by atoms with E-state index in [2.05, 4.69) is 10.6 Å². The summed E-state index contributed by atoms with van der Waals surface area (Å²) in [5, 5.41) is 4.55. The highest BCUT2D eigenvalue weighted by Gasteiger charge is 2.31. The lowest BCUT2D eigenvalue weighted by Crippen LogP contribution is -2.22. The fourth-order valence-electron chi connectivity index (χ4n) is 2.76. The Labute approximate surface area is 210 Å². The summed E-state index contributed by atoms with van der Waals surface area (Å²) in [7, 11) is 0. The highest BCUT2D eigenvalue weighted by Crippen LogP contribution is 2.33. The average Bonchev–Trinajstić information content (AvgIpc) is 2.82. The van der Waals surface area contributed by atoms with Crippen molar-refractivity contribution in [3.8, 4) is 0 Å². The first-order chi connectivity index (χ1) is 17.0. The second kappa shape index (κ2) is 13.5. The predicted molar refractivity (Wildman–Crippen MR) is 126 cm³/mol. The Morgan fingerprint density at radius 1 is 0.944 bits per heavy atom. The zero-order valence-corrected chi connectivity index (χ0v) is 20.0. The summed E-state index contributed by atoms with van der Waals surface area (Å²) in [6.45, 7) is 1.47. The second-order valence-electron chi connectivity index (χ2n) is 7.52. The Morgan fingerprint density at radius 3 is 2.39 bits per heavy atom. The van der Waals surface area contributed by atoms with Crippen molar-refractivity contribution < 1.29 is 41.8 Å². The van der Waals surface area contributed by atoms with Gasteiger partial charge in [-0.15, -0.1) is 0 Å². The molecular weight excluding hydrogens is 505 g/mol. The normalized spacial score (nSPS) is 10.9. The number of carbonyl (C=O) groups is 4. The molecule has 0 aliphatic carbocycles. The van der Waals surface area contributed by atoms with Crippen molar-refractivity contribution in [2.75, 3.05) is 23.8 Å². The van der Waals surface area contributed by atoms with E-state index in [4.69, 9.17) is 21.1 Å². The fraction of sp³-hybridized carbons (Fsp3) is 0.333. The average molecular weight is 529 g/mol. The quantitative estimate of drug-likeness (QED) is 0.306. The van der Waals surface area contributed by atoms with E-state index in [1.165, 1.54) is 6.07 Å². The molecule has 0 atom stereocenters. The van der Waals surface area contributed by atoms with Gasteiger partial charge in [0, 0.05) is 12.1 Å². The van der Waals surface area contributed by atoms with Gasteiger partial charge in [0.1, 0.15) is 0 Å². The molecule has 2 aromatic carbocycles. The van der Waals surface area contributed by atoms with Crippen molar-refractivity contribution in [1.29, 1.82) is 0 Å². The lowest BCUT2D eigenvalue weighted by Gasteiger charge is -2.12. The molecule has 0 aliphatic rings. The molecule has 2 aromatic rings. The van der Waals surface area contributed by atoms with Crippen LogP contribution in [-0.4, -0.2) is 37.0 Å². The van der Waals surface area contributed by atoms with Crippen LogP contribution in [0.15, 0.2) is 42.5 Å². The van der Waals surface area contributed by atoms with Gasteiger partial charge in [0.15, 0.2) is 6.61 Å². The van der Waals surface area contributed by atoms with Crippen LogP contribution in [0, 0.1) is 0 Å². The highest BCUT2D eigenvalue weighted by atomic mass is 35.5. The van der Waals surface area contributed by atoms with Crippen LogP contribution < -0.4 is 10.6 Å². The number of nitrogens with one attached hydrogen (secondary N) is 2. The molecule has 0 bridgehead atoms. The zero-order valence-electron chi connectivity index (χ0n) is 19.2. The van der Waals surface area contributed by atoms with Crippen molar-refractivity contribution in [1.82, 2.24) is 0 Å². The summed E-state index contributed by atoms with van der Waals surface area (Å²) in [6, 6.07) is 8.51. The van der Waals surface area contributed by atoms with Crippen molar-refractivity contribution in [2.45, 2.75) is 38.8 Å². The largest absolute Gasteiger partial charge is 0.462 e. The van der Waals surface area contributed by atoms with Crippen LogP contribution >= 0.6 is 11.6 Å². The fourth-order valence-corrected chi connectivity index (χ4v) is 2.92. The molecule has 2 rings (SSSR count). The van der Waals surface area contributed by atoms with Gasteiger partial charge in [-0.3, -0.25) is 14.4 Å². The zero-order chi connectivity index (χ0) is 26.7. The first kappa shape index (κ1) is 28.6. The second-order valence-corrected chi connectivity index (χ2v) is 7.93. The molecule has 0 radical (unpaired) electrons. The topological polar surface area (TPSA) is 111 Å². The van der Waals surface area contributed by atoms with Crippen LogP contribution in [0.3, 0.4) is 0 Å². The summed E-state index contributed by atoms with van der Waals surface area (Å²) < 4.78 is 48.3. The predicted octanol–water partition coefficient (Wildman–Crippen LogP) is 5.22. The molecule has 0 aromatic heterocycles. The monoisotopic (exact) mass is 528 g/mol. The molecule has 0 aliphatic heterocycles. The maximum atomic E-state index is 12.8. The van der Waals surface area contributed by atoms with E-state index in [0.29, 0.717) is 18.4 Å². The molecule has 194 valence electrons. The number of hydrogen-bond donors (Lipinski definition) is 2. The Kier molecular flexibility index (Phi) is 10.7. The minimum Gasteiger partial charge on any atom is -0.462 e. The maximum Gasteiger partial charge on any atom is 0.416 e. The Balaban J connectivity index is 1.78. The Morgan fingerprint density at radius 2 is 1.69 bits per heavy atom. The number of carbonyl (C=O) groups excluding carboxylic acids is 4. The number of amides is 2. The van der Waals surface area contributed by atoms with Crippen LogP contribution in [0.1, 0.15) is 48.5 Å². The standard InChI is InChI=1S/C24H24ClF3N2O6/c1-2-3-11-35-23(34)15-5-4-6-17(12-15)29-20(31)9-10-22(33)36-14-21(32)30-19-13-16(24(26,27)28)7-8-18(19)25/h4-8,12-13H,2-3,9-11,14H2,1H3,(H,29,31)(H,30,32). The smallest absolute Gasteiger partial charge is 0.416 e. The van der Waals surface area contributed by atoms with Crippen molar-refractivity contribution in [2.24, 2.45) is 0 Å². The first-order valence-corrected chi connectivity index (χ1v) is 11.3. The first-order valence-electron chi connectivity index (χ1n) is 10.9. The Hall–Kier alpha value is -3.60. The van der Waals surface area contributed by atoms with Crippen LogP contribution in [0.5, 0.6) is 0 Å².